The highest BCUT2D eigenvalue weighted by Gasteiger charge is 2.22. The van der Waals surface area contributed by atoms with Crippen LogP contribution in [0.4, 0.5) is 17.6 Å². The topological polar surface area (TPSA) is 125 Å². The molecular weight excluding hydrogens is 623 g/mol. The van der Waals surface area contributed by atoms with E-state index in [2.05, 4.69) is 60.8 Å². The Kier molecular flexibility index (Phi) is 13.2. The number of carbonyl (C=O) groups is 1. The van der Waals surface area contributed by atoms with Gasteiger partial charge in [-0.25, -0.2) is 9.78 Å². The highest BCUT2D eigenvalue weighted by molar-refractivity contribution is 7.21. The summed E-state index contributed by atoms with van der Waals surface area (Å²) in [6.07, 6.45) is 14.0. The normalized spacial score (nSPS) is 15.8. The number of rotatable bonds is 13. The average molecular weight is 674 g/mol. The lowest BCUT2D eigenvalue weighted by atomic mass is 9.98. The van der Waals surface area contributed by atoms with Gasteiger partial charge in [0.2, 0.25) is 11.9 Å². The first-order chi connectivity index (χ1) is 23.3. The van der Waals surface area contributed by atoms with Gasteiger partial charge >= 0.3 is 12.0 Å². The summed E-state index contributed by atoms with van der Waals surface area (Å²) >= 11 is 1.70. The van der Waals surface area contributed by atoms with E-state index in [0.29, 0.717) is 25.5 Å². The molecule has 5 rings (SSSR count). The minimum atomic E-state index is -0.934. The Morgan fingerprint density at radius 2 is 1.54 bits per heavy atom. The molecule has 0 saturated heterocycles. The number of hydrogen-bond acceptors (Lipinski definition) is 10. The molecule has 0 aliphatic heterocycles. The van der Waals surface area contributed by atoms with E-state index in [1.807, 2.05) is 39.1 Å². The molecule has 1 aliphatic rings. The predicted molar refractivity (Wildman–Crippen MR) is 196 cm³/mol. The summed E-state index contributed by atoms with van der Waals surface area (Å²) in [6, 6.07) is 16.2. The second-order valence-electron chi connectivity index (χ2n) is 13.3. The number of aliphatic carboxylic acids is 1. The van der Waals surface area contributed by atoms with Gasteiger partial charge in [-0.2, -0.15) is 15.0 Å². The minimum absolute atomic E-state index is 0.177. The molecule has 48 heavy (non-hydrogen) atoms. The van der Waals surface area contributed by atoms with Gasteiger partial charge in [0, 0.05) is 24.3 Å². The van der Waals surface area contributed by atoms with Crippen LogP contribution in [0.2, 0.25) is 0 Å². The first-order valence-corrected chi connectivity index (χ1v) is 18.5. The minimum Gasteiger partial charge on any atom is -0.480 e. The molecule has 0 spiro atoms. The molecule has 2 aromatic heterocycles. The molecule has 0 bridgehead atoms. The van der Waals surface area contributed by atoms with E-state index in [1.165, 1.54) is 62.5 Å². The van der Waals surface area contributed by atoms with Gasteiger partial charge in [0.15, 0.2) is 0 Å². The van der Waals surface area contributed by atoms with Crippen LogP contribution in [0.5, 0.6) is 6.01 Å². The molecule has 1 atom stereocenters. The molecule has 258 valence electrons. The van der Waals surface area contributed by atoms with E-state index in [0.717, 1.165) is 34.6 Å². The van der Waals surface area contributed by atoms with Crippen LogP contribution < -0.4 is 20.3 Å². The number of likely N-dealkylation sites (N-methyl/N-ethyl adjacent to an activating group) is 1. The zero-order chi connectivity index (χ0) is 33.7. The van der Waals surface area contributed by atoms with Gasteiger partial charge < -0.3 is 25.4 Å². The fourth-order valence-electron chi connectivity index (χ4n) is 6.15. The van der Waals surface area contributed by atoms with Gasteiger partial charge in [0.05, 0.1) is 16.8 Å². The molecule has 4 aromatic rings. The number of aromatic nitrogens is 4. The molecule has 0 amide bonds. The molecule has 10 nitrogen and oxygen atoms in total. The number of carboxylic acids is 1. The van der Waals surface area contributed by atoms with Crippen molar-refractivity contribution in [2.75, 3.05) is 35.7 Å². The van der Waals surface area contributed by atoms with Gasteiger partial charge in [0.25, 0.3) is 0 Å². The summed E-state index contributed by atoms with van der Waals surface area (Å²) in [5.74, 6) is -0.110. The largest absolute Gasteiger partial charge is 0.480 e. The highest BCUT2D eigenvalue weighted by atomic mass is 32.1. The van der Waals surface area contributed by atoms with Crippen molar-refractivity contribution in [2.24, 2.45) is 5.92 Å². The SMILES string of the molecule is CC(C)C[C@H](Nc1nc(NC2CCCCCCCCCCC2)nc(OCCN(C)c2ccc(-c3nc4ccccc4s3)cc2)n1)C(=O)O. The summed E-state index contributed by atoms with van der Waals surface area (Å²) in [5.41, 5.74) is 3.17. The summed E-state index contributed by atoms with van der Waals surface area (Å²) in [5, 5.41) is 17.5. The summed E-state index contributed by atoms with van der Waals surface area (Å²) in [7, 11) is 2.02. The molecule has 3 N–H and O–H groups in total. The average Bonchev–Trinajstić information content (AvgIpc) is 3.50. The first-order valence-electron chi connectivity index (χ1n) is 17.7. The standard InChI is InChI=1S/C37H51N7O3S/c1-26(2)25-31(34(45)46)40-36-41-35(38-28-15-11-9-7-5-4-6-8-10-12-16-28)42-37(43-36)47-24-23-44(3)29-21-19-27(20-22-29)33-39-30-17-13-14-18-32(30)48-33/h13-14,17-22,26,28,31H,4-12,15-16,23-25H2,1-3H3,(H,45,46)(H2,38,40,41,42,43)/t31-/m0/s1. The number of benzene rings is 2. The van der Waals surface area contributed by atoms with Crippen LogP contribution in [0.3, 0.4) is 0 Å². The van der Waals surface area contributed by atoms with Gasteiger partial charge in [-0.1, -0.05) is 83.8 Å². The fraction of sp³-hybridized carbons (Fsp3) is 0.541. The maximum absolute atomic E-state index is 12.0. The van der Waals surface area contributed by atoms with Gasteiger partial charge in [0.1, 0.15) is 17.7 Å². The van der Waals surface area contributed by atoms with Crippen molar-refractivity contribution in [1.29, 1.82) is 0 Å². The number of carboxylic acid groups (broad SMARTS) is 1. The van der Waals surface area contributed by atoms with E-state index in [-0.39, 0.29) is 23.9 Å². The second-order valence-corrected chi connectivity index (χ2v) is 14.4. The monoisotopic (exact) mass is 673 g/mol. The van der Waals surface area contributed by atoms with Crippen LogP contribution >= 0.6 is 11.3 Å². The maximum Gasteiger partial charge on any atom is 0.326 e. The van der Waals surface area contributed by atoms with E-state index in [9.17, 15) is 9.90 Å². The lowest BCUT2D eigenvalue weighted by molar-refractivity contribution is -0.138. The van der Waals surface area contributed by atoms with Crippen LogP contribution in [0, 0.1) is 5.92 Å². The summed E-state index contributed by atoms with van der Waals surface area (Å²) in [4.78, 5) is 32.7. The molecule has 1 fully saturated rings. The molecule has 2 heterocycles. The number of nitrogens with zero attached hydrogens (tertiary/aromatic N) is 5. The Morgan fingerprint density at radius 1 is 0.896 bits per heavy atom. The van der Waals surface area contributed by atoms with Crippen molar-refractivity contribution >= 4 is 45.1 Å². The third-order valence-corrected chi connectivity index (χ3v) is 9.95. The number of thiazole rings is 1. The van der Waals surface area contributed by atoms with Crippen molar-refractivity contribution < 1.29 is 14.6 Å². The van der Waals surface area contributed by atoms with E-state index >= 15 is 0 Å². The van der Waals surface area contributed by atoms with Crippen LogP contribution in [-0.2, 0) is 4.79 Å². The molecule has 0 radical (unpaired) electrons. The van der Waals surface area contributed by atoms with Crippen LogP contribution in [0.15, 0.2) is 48.5 Å². The Hall–Kier alpha value is -3.99. The van der Waals surface area contributed by atoms with Crippen molar-refractivity contribution in [3.05, 3.63) is 48.5 Å². The number of hydrogen-bond donors (Lipinski definition) is 3. The lowest BCUT2D eigenvalue weighted by Crippen LogP contribution is -2.32. The van der Waals surface area contributed by atoms with Crippen LogP contribution in [0.1, 0.15) is 90.9 Å². The Balaban J connectivity index is 1.24. The smallest absolute Gasteiger partial charge is 0.326 e. The van der Waals surface area contributed by atoms with Crippen molar-refractivity contribution in [3.63, 3.8) is 0 Å². The zero-order valence-electron chi connectivity index (χ0n) is 28.7. The fourth-order valence-corrected chi connectivity index (χ4v) is 7.12. The first kappa shape index (κ1) is 35.3. The number of nitrogens with one attached hydrogen (secondary N) is 2. The molecule has 1 aliphatic carbocycles. The van der Waals surface area contributed by atoms with E-state index in [4.69, 9.17) is 9.72 Å². The van der Waals surface area contributed by atoms with E-state index in [1.54, 1.807) is 11.3 Å². The molecule has 1 saturated carbocycles. The zero-order valence-corrected chi connectivity index (χ0v) is 29.5. The molecule has 2 aromatic carbocycles. The number of anilines is 3. The number of fused-ring (bicyclic) bond motifs is 1. The second kappa shape index (κ2) is 18.0. The number of para-hydroxylation sites is 1. The van der Waals surface area contributed by atoms with E-state index < -0.39 is 12.0 Å². The van der Waals surface area contributed by atoms with Gasteiger partial charge in [-0.05, 0) is 61.6 Å². The molecule has 0 unspecified atom stereocenters. The Morgan fingerprint density at radius 3 is 2.19 bits per heavy atom. The Bertz CT molecular complexity index is 1530. The van der Waals surface area contributed by atoms with Crippen molar-refractivity contribution in [2.45, 2.75) is 103 Å². The van der Waals surface area contributed by atoms with Gasteiger partial charge in [-0.15, -0.1) is 11.3 Å². The van der Waals surface area contributed by atoms with Crippen LogP contribution in [0.25, 0.3) is 20.8 Å². The van der Waals surface area contributed by atoms with Crippen LogP contribution in [-0.4, -0.2) is 63.3 Å². The Labute approximate surface area is 288 Å². The third-order valence-electron chi connectivity index (χ3n) is 8.87. The highest BCUT2D eigenvalue weighted by Crippen LogP contribution is 2.31. The van der Waals surface area contributed by atoms with Gasteiger partial charge in [-0.3, -0.25) is 0 Å². The molecule has 11 heteroatoms. The number of ether oxygens (including phenoxy) is 1. The lowest BCUT2D eigenvalue weighted by Gasteiger charge is -2.22. The maximum atomic E-state index is 12.0. The van der Waals surface area contributed by atoms with Crippen molar-refractivity contribution in [3.8, 4) is 16.6 Å². The predicted octanol–water partition coefficient (Wildman–Crippen LogP) is 8.66. The van der Waals surface area contributed by atoms with Crippen molar-refractivity contribution in [1.82, 2.24) is 19.9 Å². The molecular formula is C37H51N7O3S. The summed E-state index contributed by atoms with van der Waals surface area (Å²) in [6.45, 7) is 4.95. The summed E-state index contributed by atoms with van der Waals surface area (Å²) < 4.78 is 7.27. The third kappa shape index (κ3) is 10.8. The quantitative estimate of drug-likeness (QED) is 0.127.